The van der Waals surface area contributed by atoms with E-state index in [2.05, 4.69) is 10.3 Å². The van der Waals surface area contributed by atoms with Crippen LogP contribution in [0.4, 0.5) is 10.1 Å². The zero-order valence-corrected chi connectivity index (χ0v) is 10.9. The van der Waals surface area contributed by atoms with Crippen LogP contribution in [0.15, 0.2) is 36.4 Å². The van der Waals surface area contributed by atoms with Gasteiger partial charge in [0.1, 0.15) is 5.52 Å². The molecule has 0 bridgehead atoms. The predicted molar refractivity (Wildman–Crippen MR) is 74.4 cm³/mol. The summed E-state index contributed by atoms with van der Waals surface area (Å²) < 4.78 is 20.5. The van der Waals surface area contributed by atoms with Gasteiger partial charge in [-0.1, -0.05) is 17.3 Å². The molecule has 0 saturated heterocycles. The molecule has 0 aliphatic carbocycles. The molecule has 0 aliphatic rings. The highest BCUT2D eigenvalue weighted by molar-refractivity contribution is 5.78. The minimum Gasteiger partial charge on any atom is -0.491 e. The van der Waals surface area contributed by atoms with Gasteiger partial charge in [-0.25, -0.2) is 9.07 Å². The SMILES string of the molecule is CCOc1cc(-n2nnc3ccccc32)c(N)cc1F. The number of nitrogen functional groups attached to an aromatic ring is 1. The monoisotopic (exact) mass is 272 g/mol. The number of aromatic nitrogens is 3. The second kappa shape index (κ2) is 4.80. The zero-order valence-electron chi connectivity index (χ0n) is 10.9. The molecule has 3 aromatic rings. The van der Waals surface area contributed by atoms with Gasteiger partial charge in [-0.15, -0.1) is 5.10 Å². The number of halogens is 1. The van der Waals surface area contributed by atoms with E-state index in [-0.39, 0.29) is 11.4 Å². The molecule has 20 heavy (non-hydrogen) atoms. The van der Waals surface area contributed by atoms with Crippen molar-refractivity contribution in [3.63, 3.8) is 0 Å². The topological polar surface area (TPSA) is 66.0 Å². The average molecular weight is 272 g/mol. The lowest BCUT2D eigenvalue weighted by molar-refractivity contribution is 0.321. The van der Waals surface area contributed by atoms with Gasteiger partial charge >= 0.3 is 0 Å². The predicted octanol–water partition coefficient (Wildman–Crippen LogP) is 2.54. The van der Waals surface area contributed by atoms with Gasteiger partial charge < -0.3 is 10.5 Å². The highest BCUT2D eigenvalue weighted by Crippen LogP contribution is 2.28. The van der Waals surface area contributed by atoms with E-state index in [0.717, 1.165) is 11.0 Å². The molecule has 0 radical (unpaired) electrons. The van der Waals surface area contributed by atoms with Crippen LogP contribution in [0.25, 0.3) is 16.7 Å². The molecule has 0 aliphatic heterocycles. The van der Waals surface area contributed by atoms with Gasteiger partial charge in [-0.3, -0.25) is 0 Å². The van der Waals surface area contributed by atoms with Crippen LogP contribution < -0.4 is 10.5 Å². The quantitative estimate of drug-likeness (QED) is 0.744. The smallest absolute Gasteiger partial charge is 0.167 e. The third kappa shape index (κ3) is 1.95. The third-order valence-electron chi connectivity index (χ3n) is 2.96. The van der Waals surface area contributed by atoms with E-state index >= 15 is 0 Å². The zero-order chi connectivity index (χ0) is 14.1. The van der Waals surface area contributed by atoms with Crippen LogP contribution in [0.3, 0.4) is 0 Å². The molecule has 0 fully saturated rings. The van der Waals surface area contributed by atoms with Gasteiger partial charge in [-0.05, 0) is 19.1 Å². The molecular weight excluding hydrogens is 259 g/mol. The van der Waals surface area contributed by atoms with E-state index in [9.17, 15) is 4.39 Å². The van der Waals surface area contributed by atoms with Crippen molar-refractivity contribution in [3.8, 4) is 11.4 Å². The normalized spacial score (nSPS) is 10.9. The van der Waals surface area contributed by atoms with Crippen molar-refractivity contribution < 1.29 is 9.13 Å². The summed E-state index contributed by atoms with van der Waals surface area (Å²) >= 11 is 0. The summed E-state index contributed by atoms with van der Waals surface area (Å²) in [6, 6.07) is 10.2. The molecule has 2 aromatic carbocycles. The number of hydrogen-bond acceptors (Lipinski definition) is 4. The molecule has 102 valence electrons. The maximum absolute atomic E-state index is 13.7. The highest BCUT2D eigenvalue weighted by atomic mass is 19.1. The Labute approximate surface area is 114 Å². The van der Waals surface area contributed by atoms with Gasteiger partial charge in [0.25, 0.3) is 0 Å². The number of benzene rings is 2. The first-order valence-corrected chi connectivity index (χ1v) is 6.23. The third-order valence-corrected chi connectivity index (χ3v) is 2.96. The van der Waals surface area contributed by atoms with Gasteiger partial charge in [0.05, 0.1) is 23.5 Å². The summed E-state index contributed by atoms with van der Waals surface area (Å²) in [7, 11) is 0. The van der Waals surface area contributed by atoms with Crippen LogP contribution in [0.5, 0.6) is 5.75 Å². The lowest BCUT2D eigenvalue weighted by atomic mass is 10.2. The van der Waals surface area contributed by atoms with Crippen molar-refractivity contribution in [2.45, 2.75) is 6.92 Å². The lowest BCUT2D eigenvalue weighted by Gasteiger charge is -2.10. The largest absolute Gasteiger partial charge is 0.491 e. The summed E-state index contributed by atoms with van der Waals surface area (Å²) in [6.45, 7) is 2.17. The maximum Gasteiger partial charge on any atom is 0.167 e. The Balaban J connectivity index is 2.21. The number of hydrogen-bond donors (Lipinski definition) is 1. The Hall–Kier alpha value is -2.63. The van der Waals surface area contributed by atoms with Crippen LogP contribution >= 0.6 is 0 Å². The molecule has 6 heteroatoms. The second-order valence-electron chi connectivity index (χ2n) is 4.26. The molecule has 2 N–H and O–H groups in total. The van der Waals surface area contributed by atoms with Crippen LogP contribution in [-0.2, 0) is 0 Å². The van der Waals surface area contributed by atoms with Gasteiger partial charge in [-0.2, -0.15) is 0 Å². The minimum atomic E-state index is -0.488. The van der Waals surface area contributed by atoms with Gasteiger partial charge in [0.15, 0.2) is 11.6 Å². The van der Waals surface area contributed by atoms with Crippen molar-refractivity contribution in [2.75, 3.05) is 12.3 Å². The fourth-order valence-electron chi connectivity index (χ4n) is 2.05. The Kier molecular flexibility index (Phi) is 2.98. The molecule has 0 unspecified atom stereocenters. The Morgan fingerprint density at radius 1 is 1.30 bits per heavy atom. The molecule has 0 atom stereocenters. The summed E-state index contributed by atoms with van der Waals surface area (Å²) in [6.07, 6.45) is 0. The minimum absolute atomic E-state index is 0.149. The van der Waals surface area contributed by atoms with Crippen molar-refractivity contribution in [3.05, 3.63) is 42.2 Å². The first kappa shape index (κ1) is 12.4. The standard InChI is InChI=1S/C14H13FN4O/c1-2-20-14-8-13(10(16)7-9(14)15)19-12-6-4-3-5-11(12)17-18-19/h3-8H,2,16H2,1H3. The molecule has 0 amide bonds. The van der Waals surface area contributed by atoms with E-state index in [4.69, 9.17) is 10.5 Å². The Morgan fingerprint density at radius 2 is 2.10 bits per heavy atom. The fraction of sp³-hybridized carbons (Fsp3) is 0.143. The number of nitrogens with zero attached hydrogens (tertiary/aromatic N) is 3. The van der Waals surface area contributed by atoms with E-state index in [1.54, 1.807) is 11.6 Å². The van der Waals surface area contributed by atoms with E-state index in [0.29, 0.717) is 12.3 Å². The summed E-state index contributed by atoms with van der Waals surface area (Å²) in [4.78, 5) is 0. The van der Waals surface area contributed by atoms with Crippen molar-refractivity contribution in [2.24, 2.45) is 0 Å². The first-order chi connectivity index (χ1) is 9.70. The summed E-state index contributed by atoms with van der Waals surface area (Å²) in [5, 5.41) is 8.12. The first-order valence-electron chi connectivity index (χ1n) is 6.23. The number of anilines is 1. The molecule has 5 nitrogen and oxygen atoms in total. The maximum atomic E-state index is 13.7. The second-order valence-corrected chi connectivity index (χ2v) is 4.26. The summed E-state index contributed by atoms with van der Waals surface area (Å²) in [5.74, 6) is -0.339. The number of ether oxygens (including phenoxy) is 1. The Morgan fingerprint density at radius 3 is 2.90 bits per heavy atom. The van der Waals surface area contributed by atoms with E-state index in [1.165, 1.54) is 12.1 Å². The molecule has 0 saturated carbocycles. The summed E-state index contributed by atoms with van der Waals surface area (Å²) in [5.41, 5.74) is 8.25. The molecule has 1 heterocycles. The van der Waals surface area contributed by atoms with E-state index < -0.39 is 5.82 Å². The fourth-order valence-corrected chi connectivity index (χ4v) is 2.05. The lowest BCUT2D eigenvalue weighted by Crippen LogP contribution is -2.04. The molecule has 3 rings (SSSR count). The van der Waals surface area contributed by atoms with Gasteiger partial charge in [0.2, 0.25) is 0 Å². The molecule has 0 spiro atoms. The van der Waals surface area contributed by atoms with Crippen molar-refractivity contribution >= 4 is 16.7 Å². The van der Waals surface area contributed by atoms with Crippen LogP contribution in [-0.4, -0.2) is 21.6 Å². The van der Waals surface area contributed by atoms with Crippen LogP contribution in [0, 0.1) is 5.82 Å². The van der Waals surface area contributed by atoms with Crippen LogP contribution in [0.1, 0.15) is 6.92 Å². The van der Waals surface area contributed by atoms with Crippen LogP contribution in [0.2, 0.25) is 0 Å². The number of fused-ring (bicyclic) bond motifs is 1. The average Bonchev–Trinajstić information content (AvgIpc) is 2.86. The number of rotatable bonds is 3. The molecule has 1 aromatic heterocycles. The Bertz CT molecular complexity index is 769. The van der Waals surface area contributed by atoms with E-state index in [1.807, 2.05) is 24.3 Å². The number of para-hydroxylation sites is 1. The molecular formula is C14H13FN4O. The highest BCUT2D eigenvalue weighted by Gasteiger charge is 2.13. The number of nitrogens with two attached hydrogens (primary N) is 1. The van der Waals surface area contributed by atoms with Gasteiger partial charge in [0, 0.05) is 12.1 Å². The van der Waals surface area contributed by atoms with Crippen molar-refractivity contribution in [1.29, 1.82) is 0 Å². The van der Waals surface area contributed by atoms with Crippen molar-refractivity contribution in [1.82, 2.24) is 15.0 Å².